The Morgan fingerprint density at radius 2 is 0.789 bits per heavy atom. The van der Waals surface area contributed by atoms with E-state index < -0.39 is 0 Å². The molecule has 0 aliphatic heterocycles. The van der Waals surface area contributed by atoms with Crippen molar-refractivity contribution in [1.29, 1.82) is 0 Å². The molecule has 0 aromatic rings. The highest BCUT2D eigenvalue weighted by molar-refractivity contribution is 4.41. The molecule has 0 N–H and O–H groups in total. The highest BCUT2D eigenvalue weighted by Crippen LogP contribution is 1.80. The smallest absolute Gasteiger partial charge is 0.0497 e. The van der Waals surface area contributed by atoms with E-state index in [1.807, 2.05) is 0 Å². The summed E-state index contributed by atoms with van der Waals surface area (Å²) in [5, 5.41) is 0. The Morgan fingerprint density at radius 1 is 0.526 bits per heavy atom. The van der Waals surface area contributed by atoms with Crippen molar-refractivity contribution in [2.45, 2.75) is 58.4 Å². The molecule has 0 aliphatic rings. The molecule has 0 atom stereocenters. The second-order valence-corrected chi connectivity index (χ2v) is 3.79. The van der Waals surface area contributed by atoms with Crippen molar-refractivity contribution in [1.82, 2.24) is 14.7 Å². The predicted octanol–water partition coefficient (Wildman–Crippen LogP) is 4.84. The lowest BCUT2D eigenvalue weighted by Gasteiger charge is -2.18. The van der Waals surface area contributed by atoms with E-state index in [4.69, 9.17) is 0 Å². The Bertz CT molecular complexity index is 94.0. The first-order chi connectivity index (χ1) is 5.93. The van der Waals surface area contributed by atoms with Crippen LogP contribution in [0.1, 0.15) is 58.4 Å². The van der Waals surface area contributed by atoms with Crippen LogP contribution in [-0.2, 0) is 0 Å². The molecular weight excluding hydrogens is 234 g/mol. The fourth-order valence-electron chi connectivity index (χ4n) is 0.583. The number of hydrogen-bond acceptors (Lipinski definition) is 3. The molecule has 0 aromatic carbocycles. The van der Waals surface area contributed by atoms with Crippen molar-refractivity contribution in [2.24, 2.45) is 0 Å². The Morgan fingerprint density at radius 3 is 0.842 bits per heavy atom. The third-order valence-corrected chi connectivity index (χ3v) is 1.70. The number of nitrogens with zero attached hydrogens (tertiary/aromatic N) is 3. The normalized spacial score (nSPS) is 7.26. The summed E-state index contributed by atoms with van der Waals surface area (Å²) in [5.41, 5.74) is 0. The molecule has 0 unspecified atom stereocenters. The Kier molecular flexibility index (Phi) is 96.9. The maximum atomic E-state index is 2.25. The van der Waals surface area contributed by atoms with Crippen molar-refractivity contribution in [3.63, 3.8) is 0 Å². The molecule has 0 bridgehead atoms. The first-order valence-corrected chi connectivity index (χ1v) is 4.92. The molecule has 0 spiro atoms. The lowest BCUT2D eigenvalue weighted by Crippen LogP contribution is -2.29. The zero-order valence-electron chi connectivity index (χ0n) is 10.5. The van der Waals surface area contributed by atoms with Gasteiger partial charge in [-0.05, 0) is 48.3 Å². The van der Waals surface area contributed by atoms with E-state index in [9.17, 15) is 0 Å². The third-order valence-electron chi connectivity index (χ3n) is 1.70. The molecule has 0 saturated heterocycles. The molecule has 0 amide bonds. The molecule has 0 heterocycles. The summed E-state index contributed by atoms with van der Waals surface area (Å²) in [6, 6.07) is 0. The third kappa shape index (κ3) is 72.6. The fraction of sp³-hybridized carbons (Fsp3) is 1.00. The molecule has 0 aromatic heterocycles. The standard InChI is InChI=1S/C6H16N2.C4H11N.6CH4/c1-5-8(4)6-7(2)3;1-4-5(2)3;;;;;;/h5-6H2,1-4H3;4H2,1-3H3;6*1H4. The summed E-state index contributed by atoms with van der Waals surface area (Å²) in [5.74, 6) is 0. The highest BCUT2D eigenvalue weighted by Gasteiger charge is 1.92. The molecule has 0 aliphatic carbocycles. The maximum absolute atomic E-state index is 2.25. The van der Waals surface area contributed by atoms with Crippen LogP contribution >= 0.6 is 0 Å². The molecular formula is C16H51N3. The summed E-state index contributed by atoms with van der Waals surface area (Å²) in [7, 11) is 10.4. The predicted molar refractivity (Wildman–Crippen MR) is 101 cm³/mol. The minimum absolute atomic E-state index is 0. The topological polar surface area (TPSA) is 9.72 Å². The zero-order valence-corrected chi connectivity index (χ0v) is 10.5. The summed E-state index contributed by atoms with van der Waals surface area (Å²) in [6.45, 7) is 7.60. The molecule has 0 radical (unpaired) electrons. The van der Waals surface area contributed by atoms with Crippen LogP contribution in [0.4, 0.5) is 0 Å². The Hall–Kier alpha value is -0.120. The average Bonchev–Trinajstić information content (AvgIpc) is 2.04. The minimum atomic E-state index is 0. The molecule has 0 saturated carbocycles. The summed E-state index contributed by atoms with van der Waals surface area (Å²) in [4.78, 5) is 6.53. The van der Waals surface area contributed by atoms with Gasteiger partial charge < -0.3 is 4.90 Å². The van der Waals surface area contributed by atoms with Gasteiger partial charge in [0.15, 0.2) is 0 Å². The van der Waals surface area contributed by atoms with Gasteiger partial charge in [-0.2, -0.15) is 0 Å². The molecule has 130 valence electrons. The lowest BCUT2D eigenvalue weighted by molar-refractivity contribution is 0.219. The van der Waals surface area contributed by atoms with Crippen molar-refractivity contribution in [3.8, 4) is 0 Å². The van der Waals surface area contributed by atoms with E-state index >= 15 is 0 Å². The number of hydrogen-bond donors (Lipinski definition) is 0. The van der Waals surface area contributed by atoms with Gasteiger partial charge in [0, 0.05) is 6.67 Å². The van der Waals surface area contributed by atoms with Crippen LogP contribution in [0, 0.1) is 0 Å². The van der Waals surface area contributed by atoms with Crippen molar-refractivity contribution in [2.75, 3.05) is 55.0 Å². The van der Waals surface area contributed by atoms with E-state index in [2.05, 4.69) is 63.8 Å². The summed E-state index contributed by atoms with van der Waals surface area (Å²) in [6.07, 6.45) is 0. The van der Waals surface area contributed by atoms with Gasteiger partial charge in [-0.1, -0.05) is 58.4 Å². The van der Waals surface area contributed by atoms with Crippen LogP contribution in [0.25, 0.3) is 0 Å². The van der Waals surface area contributed by atoms with Crippen LogP contribution in [0.5, 0.6) is 0 Å². The van der Waals surface area contributed by atoms with Crippen LogP contribution < -0.4 is 0 Å². The van der Waals surface area contributed by atoms with E-state index in [0.29, 0.717) is 0 Å². The number of rotatable bonds is 4. The summed E-state index contributed by atoms with van der Waals surface area (Å²) >= 11 is 0. The highest BCUT2D eigenvalue weighted by atomic mass is 15.3. The minimum Gasteiger partial charge on any atom is -0.310 e. The molecule has 3 nitrogen and oxygen atoms in total. The monoisotopic (exact) mass is 285 g/mol. The van der Waals surface area contributed by atoms with Gasteiger partial charge in [0.05, 0.1) is 0 Å². The molecule has 3 heteroatoms. The summed E-state index contributed by atoms with van der Waals surface area (Å²) < 4.78 is 0. The van der Waals surface area contributed by atoms with Gasteiger partial charge in [0.1, 0.15) is 0 Å². The van der Waals surface area contributed by atoms with E-state index in [1.165, 1.54) is 0 Å². The second kappa shape index (κ2) is 36.1. The van der Waals surface area contributed by atoms with Gasteiger partial charge in [-0.25, -0.2) is 0 Å². The zero-order chi connectivity index (χ0) is 10.9. The van der Waals surface area contributed by atoms with Crippen molar-refractivity contribution >= 4 is 0 Å². The van der Waals surface area contributed by atoms with Crippen LogP contribution in [0.2, 0.25) is 0 Å². The largest absolute Gasteiger partial charge is 0.310 e. The lowest BCUT2D eigenvalue weighted by atomic mass is 10.6. The Labute approximate surface area is 129 Å². The molecule has 0 fully saturated rings. The average molecular weight is 286 g/mol. The first kappa shape index (κ1) is 51.0. The van der Waals surface area contributed by atoms with Gasteiger partial charge in [-0.15, -0.1) is 0 Å². The van der Waals surface area contributed by atoms with Gasteiger partial charge in [0.2, 0.25) is 0 Å². The van der Waals surface area contributed by atoms with Crippen LogP contribution in [0.15, 0.2) is 0 Å². The fourth-order valence-corrected chi connectivity index (χ4v) is 0.583. The van der Waals surface area contributed by atoms with E-state index in [-0.39, 0.29) is 44.6 Å². The first-order valence-electron chi connectivity index (χ1n) is 4.92. The molecule has 0 rings (SSSR count). The Balaban J connectivity index is -0.0000000169. The van der Waals surface area contributed by atoms with E-state index in [1.54, 1.807) is 0 Å². The van der Waals surface area contributed by atoms with Crippen LogP contribution in [-0.4, -0.2) is 69.7 Å². The quantitative estimate of drug-likeness (QED) is 0.684. The second-order valence-electron chi connectivity index (χ2n) is 3.79. The van der Waals surface area contributed by atoms with Crippen molar-refractivity contribution < 1.29 is 0 Å². The van der Waals surface area contributed by atoms with Gasteiger partial charge in [-0.3, -0.25) is 9.80 Å². The maximum Gasteiger partial charge on any atom is 0.0497 e. The SMILES string of the molecule is C.C.C.C.C.C.CCN(C)C.CCN(C)CN(C)C. The molecule has 19 heavy (non-hydrogen) atoms. The van der Waals surface area contributed by atoms with Crippen molar-refractivity contribution in [3.05, 3.63) is 0 Å². The van der Waals surface area contributed by atoms with Gasteiger partial charge >= 0.3 is 0 Å². The van der Waals surface area contributed by atoms with Gasteiger partial charge in [0.25, 0.3) is 0 Å². The van der Waals surface area contributed by atoms with E-state index in [0.717, 1.165) is 19.8 Å². The van der Waals surface area contributed by atoms with Crippen LogP contribution in [0.3, 0.4) is 0 Å².